The van der Waals surface area contributed by atoms with Gasteiger partial charge in [-0.05, 0) is 12.1 Å². The molecule has 14 heavy (non-hydrogen) atoms. The van der Waals surface area contributed by atoms with Crippen LogP contribution in [0.25, 0.3) is 0 Å². The van der Waals surface area contributed by atoms with Crippen LogP contribution in [0.2, 0.25) is 0 Å². The zero-order valence-electron chi connectivity index (χ0n) is 6.75. The number of anilines is 1. The van der Waals surface area contributed by atoms with E-state index in [0.29, 0.717) is 0 Å². The Labute approximate surface area is 76.7 Å². The first kappa shape index (κ1) is 10.5. The van der Waals surface area contributed by atoms with Gasteiger partial charge in [-0.1, -0.05) is 18.2 Å². The smallest absolute Gasteiger partial charge is 0.233 e. The molecule has 0 fully saturated rings. The number of carbonyl (C=O) groups excluding carboxylic acids is 1. The molecule has 0 saturated heterocycles. The van der Waals surface area contributed by atoms with Crippen molar-refractivity contribution in [3.05, 3.63) is 30.3 Å². The summed E-state index contributed by atoms with van der Waals surface area (Å²) in [6.45, 7) is 0. The van der Waals surface area contributed by atoms with Crippen molar-refractivity contribution in [3.8, 4) is 0 Å². The normalized spacial score (nSPS) is 11.1. The van der Waals surface area contributed by atoms with Gasteiger partial charge in [-0.15, -0.1) is 17.6 Å². The van der Waals surface area contributed by atoms with E-state index in [0.717, 1.165) is 12.1 Å². The molecule has 0 aromatic heterocycles. The fourth-order valence-corrected chi connectivity index (χ4v) is 0.925. The van der Waals surface area contributed by atoms with Crippen LogP contribution in [0, 0.1) is 0 Å². The molecular weight excluding hydrogens is 202 g/mol. The number of para-hydroxylation sites is 1. The zero-order chi connectivity index (χ0) is 10.8. The highest BCUT2D eigenvalue weighted by atomic mass is 19.4. The van der Waals surface area contributed by atoms with Gasteiger partial charge in [-0.3, -0.25) is 0 Å². The van der Waals surface area contributed by atoms with Gasteiger partial charge in [0.15, 0.2) is 0 Å². The molecule has 0 bridgehead atoms. The van der Waals surface area contributed by atoms with Crippen molar-refractivity contribution in [2.75, 3.05) is 4.90 Å². The molecule has 0 aliphatic heterocycles. The van der Waals surface area contributed by atoms with Gasteiger partial charge >= 0.3 is 12.5 Å². The predicted octanol–water partition coefficient (Wildman–Crippen LogP) is 3.10. The maximum Gasteiger partial charge on any atom is 0.493 e. The average molecular weight is 207 g/mol. The van der Waals surface area contributed by atoms with Gasteiger partial charge in [0.1, 0.15) is 0 Å². The van der Waals surface area contributed by atoms with Crippen LogP contribution in [0.15, 0.2) is 30.3 Å². The van der Waals surface area contributed by atoms with E-state index in [1.165, 1.54) is 18.2 Å². The standard InChI is InChI=1S/C8H5F4NO/c9-7(14)13(8(10,11)12)6-4-2-1-3-5-6/h1-5H. The van der Waals surface area contributed by atoms with E-state index < -0.39 is 23.0 Å². The second-order valence-corrected chi connectivity index (χ2v) is 2.39. The number of halogens is 4. The highest BCUT2D eigenvalue weighted by molar-refractivity contribution is 5.87. The Morgan fingerprint density at radius 3 is 2.00 bits per heavy atom. The Morgan fingerprint density at radius 1 is 1.14 bits per heavy atom. The molecule has 0 heterocycles. The molecule has 0 radical (unpaired) electrons. The van der Waals surface area contributed by atoms with Crippen molar-refractivity contribution in [1.29, 1.82) is 0 Å². The second-order valence-electron chi connectivity index (χ2n) is 2.39. The number of benzene rings is 1. The Hall–Kier alpha value is -1.59. The minimum absolute atomic E-state index is 0.549. The molecule has 0 atom stereocenters. The summed E-state index contributed by atoms with van der Waals surface area (Å²) in [6, 6.07) is 5.99. The van der Waals surface area contributed by atoms with Gasteiger partial charge in [0.25, 0.3) is 0 Å². The van der Waals surface area contributed by atoms with Crippen LogP contribution in [0.3, 0.4) is 0 Å². The van der Waals surface area contributed by atoms with Crippen molar-refractivity contribution in [2.24, 2.45) is 0 Å². The summed E-state index contributed by atoms with van der Waals surface area (Å²) in [7, 11) is 0. The monoisotopic (exact) mass is 207 g/mol. The summed E-state index contributed by atoms with van der Waals surface area (Å²) in [5, 5.41) is 0. The van der Waals surface area contributed by atoms with Gasteiger partial charge < -0.3 is 0 Å². The predicted molar refractivity (Wildman–Crippen MR) is 41.5 cm³/mol. The quantitative estimate of drug-likeness (QED) is 0.393. The van der Waals surface area contributed by atoms with Gasteiger partial charge in [0.05, 0.1) is 5.69 Å². The highest BCUT2D eigenvalue weighted by Gasteiger charge is 2.42. The highest BCUT2D eigenvalue weighted by Crippen LogP contribution is 2.28. The number of hydrogen-bond acceptors (Lipinski definition) is 1. The first-order chi connectivity index (χ1) is 6.43. The lowest BCUT2D eigenvalue weighted by Gasteiger charge is -2.20. The van der Waals surface area contributed by atoms with E-state index in [2.05, 4.69) is 0 Å². The zero-order valence-corrected chi connectivity index (χ0v) is 6.75. The summed E-state index contributed by atoms with van der Waals surface area (Å²) in [5.41, 5.74) is -0.549. The summed E-state index contributed by atoms with van der Waals surface area (Å²) in [4.78, 5) is 9.26. The Morgan fingerprint density at radius 2 is 1.64 bits per heavy atom. The first-order valence-electron chi connectivity index (χ1n) is 3.54. The number of carbonyl (C=O) groups is 1. The van der Waals surface area contributed by atoms with Gasteiger partial charge in [-0.25, -0.2) is 4.79 Å². The van der Waals surface area contributed by atoms with E-state index in [-0.39, 0.29) is 0 Å². The van der Waals surface area contributed by atoms with Gasteiger partial charge in [0.2, 0.25) is 0 Å². The molecule has 0 aliphatic rings. The maximum atomic E-state index is 12.1. The Bertz CT molecular complexity index is 322. The molecule has 0 aliphatic carbocycles. The Kier molecular flexibility index (Phi) is 2.73. The number of alkyl halides is 3. The third-order valence-corrected chi connectivity index (χ3v) is 1.44. The summed E-state index contributed by atoms with van der Waals surface area (Å²) >= 11 is 0. The molecule has 0 spiro atoms. The summed E-state index contributed by atoms with van der Waals surface area (Å²) in [5.74, 6) is 0. The van der Waals surface area contributed by atoms with E-state index in [9.17, 15) is 22.4 Å². The van der Waals surface area contributed by atoms with Crippen LogP contribution in [-0.4, -0.2) is 12.5 Å². The number of amides is 1. The van der Waals surface area contributed by atoms with Crippen LogP contribution >= 0.6 is 0 Å². The number of hydrogen-bond donors (Lipinski definition) is 0. The minimum atomic E-state index is -5.05. The minimum Gasteiger partial charge on any atom is -0.233 e. The topological polar surface area (TPSA) is 20.3 Å². The molecule has 0 saturated carbocycles. The lowest BCUT2D eigenvalue weighted by molar-refractivity contribution is -0.122. The molecule has 2 nitrogen and oxygen atoms in total. The third kappa shape index (κ3) is 2.21. The summed E-state index contributed by atoms with van der Waals surface area (Å²) in [6.07, 6.45) is -7.60. The van der Waals surface area contributed by atoms with E-state index in [4.69, 9.17) is 0 Å². The fourth-order valence-electron chi connectivity index (χ4n) is 0.925. The third-order valence-electron chi connectivity index (χ3n) is 1.44. The van der Waals surface area contributed by atoms with E-state index in [1.54, 1.807) is 0 Å². The molecule has 1 aromatic carbocycles. The SMILES string of the molecule is O=C(F)N(c1ccccc1)C(F)(F)F. The molecule has 1 amide bonds. The lowest BCUT2D eigenvalue weighted by Crippen LogP contribution is -2.40. The van der Waals surface area contributed by atoms with Crippen LogP contribution < -0.4 is 4.90 Å². The van der Waals surface area contributed by atoms with Crippen molar-refractivity contribution in [3.63, 3.8) is 0 Å². The number of nitrogens with zero attached hydrogens (tertiary/aromatic N) is 1. The van der Waals surface area contributed by atoms with E-state index >= 15 is 0 Å². The largest absolute Gasteiger partial charge is 0.493 e. The first-order valence-corrected chi connectivity index (χ1v) is 3.54. The van der Waals surface area contributed by atoms with Crippen molar-refractivity contribution >= 4 is 11.8 Å². The lowest BCUT2D eigenvalue weighted by atomic mass is 10.3. The molecule has 76 valence electrons. The van der Waals surface area contributed by atoms with Crippen LogP contribution in [-0.2, 0) is 0 Å². The van der Waals surface area contributed by atoms with Crippen molar-refractivity contribution < 1.29 is 22.4 Å². The van der Waals surface area contributed by atoms with Crippen LogP contribution in [0.1, 0.15) is 0 Å². The second kappa shape index (κ2) is 3.65. The molecule has 1 aromatic rings. The van der Waals surface area contributed by atoms with Crippen LogP contribution in [0.4, 0.5) is 28.0 Å². The van der Waals surface area contributed by atoms with Crippen molar-refractivity contribution in [2.45, 2.75) is 6.30 Å². The molecule has 1 rings (SSSR count). The molecule has 6 heteroatoms. The summed E-state index contributed by atoms with van der Waals surface area (Å²) < 4.78 is 48.5. The fraction of sp³-hybridized carbons (Fsp3) is 0.125. The maximum absolute atomic E-state index is 12.1. The molecule has 0 N–H and O–H groups in total. The number of rotatable bonds is 1. The average Bonchev–Trinajstić information content (AvgIpc) is 2.02. The van der Waals surface area contributed by atoms with E-state index in [1.807, 2.05) is 0 Å². The molecular formula is C8H5F4NO. The van der Waals surface area contributed by atoms with Crippen LogP contribution in [0.5, 0.6) is 0 Å². The van der Waals surface area contributed by atoms with Crippen molar-refractivity contribution in [1.82, 2.24) is 0 Å². The van der Waals surface area contributed by atoms with Gasteiger partial charge in [0, 0.05) is 0 Å². The Balaban J connectivity index is 3.08. The van der Waals surface area contributed by atoms with Gasteiger partial charge in [-0.2, -0.15) is 4.90 Å². The molecule has 0 unspecified atom stereocenters.